The molecule has 0 aromatic heterocycles. The van der Waals surface area contributed by atoms with Crippen LogP contribution in [0, 0.1) is 11.7 Å². The summed E-state index contributed by atoms with van der Waals surface area (Å²) in [4.78, 5) is 2.38. The van der Waals surface area contributed by atoms with Gasteiger partial charge in [0.15, 0.2) is 0 Å². The quantitative estimate of drug-likeness (QED) is 0.860. The highest BCUT2D eigenvalue weighted by atomic mass is 32.1. The van der Waals surface area contributed by atoms with Crippen LogP contribution in [0.25, 0.3) is 0 Å². The van der Waals surface area contributed by atoms with Gasteiger partial charge in [0.25, 0.3) is 0 Å². The predicted octanol–water partition coefficient (Wildman–Crippen LogP) is 3.48. The van der Waals surface area contributed by atoms with Crippen molar-refractivity contribution in [1.82, 2.24) is 0 Å². The number of benzene rings is 1. The second kappa shape index (κ2) is 6.33. The molecular weight excluding hydrogens is 259 g/mol. The molecule has 2 N–H and O–H groups in total. The number of nitrogens with two attached hydrogens (primary N) is 1. The molecule has 1 aromatic carbocycles. The zero-order chi connectivity index (χ0) is 13.8. The molecule has 19 heavy (non-hydrogen) atoms. The molecule has 0 saturated carbocycles. The van der Waals surface area contributed by atoms with Crippen molar-refractivity contribution >= 4 is 22.9 Å². The third-order valence-electron chi connectivity index (χ3n) is 4.01. The van der Waals surface area contributed by atoms with E-state index in [1.165, 1.54) is 25.7 Å². The standard InChI is InChI=1S/C15H21FN2S/c1-2-11-4-3-8-18(9-7-11)12-5-6-13(15(17)19)14(16)10-12/h5-6,10-11H,2-4,7-9H2,1H3,(H2,17,19). The predicted molar refractivity (Wildman–Crippen MR) is 82.1 cm³/mol. The van der Waals surface area contributed by atoms with Crippen molar-refractivity contribution in [3.8, 4) is 0 Å². The third kappa shape index (κ3) is 3.44. The molecule has 1 aliphatic rings. The summed E-state index contributed by atoms with van der Waals surface area (Å²) >= 11 is 4.83. The molecular formula is C15H21FN2S. The molecule has 2 nitrogen and oxygen atoms in total. The molecule has 2 rings (SSSR count). The van der Waals surface area contributed by atoms with E-state index in [1.807, 2.05) is 6.07 Å². The molecule has 1 saturated heterocycles. The van der Waals surface area contributed by atoms with E-state index in [9.17, 15) is 4.39 Å². The van der Waals surface area contributed by atoms with E-state index in [0.29, 0.717) is 5.56 Å². The summed E-state index contributed by atoms with van der Waals surface area (Å²) in [7, 11) is 0. The van der Waals surface area contributed by atoms with Gasteiger partial charge in [-0.05, 0) is 43.4 Å². The molecule has 1 fully saturated rings. The van der Waals surface area contributed by atoms with Crippen LogP contribution in [0.3, 0.4) is 0 Å². The summed E-state index contributed by atoms with van der Waals surface area (Å²) in [5.74, 6) is 0.493. The average molecular weight is 280 g/mol. The molecule has 0 amide bonds. The average Bonchev–Trinajstić information content (AvgIpc) is 2.63. The fourth-order valence-corrected chi connectivity index (χ4v) is 2.90. The molecule has 0 radical (unpaired) electrons. The fourth-order valence-electron chi connectivity index (χ4n) is 2.73. The molecule has 4 heteroatoms. The zero-order valence-corrected chi connectivity index (χ0v) is 12.2. The Kier molecular flexibility index (Phi) is 4.75. The van der Waals surface area contributed by atoms with Crippen molar-refractivity contribution in [3.05, 3.63) is 29.6 Å². The molecule has 1 aliphatic heterocycles. The van der Waals surface area contributed by atoms with Crippen LogP contribution in [0.4, 0.5) is 10.1 Å². The Hall–Kier alpha value is -1.16. The fraction of sp³-hybridized carbons (Fsp3) is 0.533. The van der Waals surface area contributed by atoms with Crippen LogP contribution in [0.5, 0.6) is 0 Å². The Morgan fingerprint density at radius 2 is 2.21 bits per heavy atom. The molecule has 1 aromatic rings. The van der Waals surface area contributed by atoms with E-state index >= 15 is 0 Å². The van der Waals surface area contributed by atoms with Gasteiger partial charge in [0.1, 0.15) is 10.8 Å². The maximum absolute atomic E-state index is 13.9. The van der Waals surface area contributed by atoms with Crippen LogP contribution < -0.4 is 10.6 Å². The summed E-state index contributed by atoms with van der Waals surface area (Å²) in [5, 5.41) is 0. The first-order valence-electron chi connectivity index (χ1n) is 6.96. The summed E-state index contributed by atoms with van der Waals surface area (Å²) in [5.41, 5.74) is 6.75. The molecule has 104 valence electrons. The van der Waals surface area contributed by atoms with Gasteiger partial charge in [-0.2, -0.15) is 0 Å². The van der Waals surface area contributed by atoms with Gasteiger partial charge in [-0.15, -0.1) is 0 Å². The maximum atomic E-state index is 13.9. The largest absolute Gasteiger partial charge is 0.389 e. The van der Waals surface area contributed by atoms with Crippen molar-refractivity contribution in [2.45, 2.75) is 32.6 Å². The topological polar surface area (TPSA) is 29.3 Å². The van der Waals surface area contributed by atoms with E-state index in [4.69, 9.17) is 18.0 Å². The lowest BCUT2D eigenvalue weighted by molar-refractivity contribution is 0.459. The van der Waals surface area contributed by atoms with Crippen molar-refractivity contribution in [1.29, 1.82) is 0 Å². The van der Waals surface area contributed by atoms with Gasteiger partial charge in [-0.1, -0.05) is 25.6 Å². The number of hydrogen-bond donors (Lipinski definition) is 1. The van der Waals surface area contributed by atoms with Crippen LogP contribution in [-0.4, -0.2) is 18.1 Å². The Labute approximate surface area is 119 Å². The number of rotatable bonds is 3. The van der Waals surface area contributed by atoms with Gasteiger partial charge in [0.05, 0.1) is 0 Å². The van der Waals surface area contributed by atoms with Gasteiger partial charge in [-0.25, -0.2) is 4.39 Å². The highest BCUT2D eigenvalue weighted by molar-refractivity contribution is 7.80. The maximum Gasteiger partial charge on any atom is 0.135 e. The summed E-state index contributed by atoms with van der Waals surface area (Å²) < 4.78 is 13.9. The Morgan fingerprint density at radius 1 is 1.42 bits per heavy atom. The van der Waals surface area contributed by atoms with Crippen molar-refractivity contribution in [2.24, 2.45) is 11.7 Å². The monoisotopic (exact) mass is 280 g/mol. The van der Waals surface area contributed by atoms with Crippen molar-refractivity contribution < 1.29 is 4.39 Å². The number of anilines is 1. The highest BCUT2D eigenvalue weighted by Gasteiger charge is 2.17. The molecule has 0 bridgehead atoms. The van der Waals surface area contributed by atoms with Gasteiger partial charge in [0.2, 0.25) is 0 Å². The number of thiocarbonyl (C=S) groups is 1. The first-order valence-corrected chi connectivity index (χ1v) is 7.37. The normalized spacial score (nSPS) is 20.1. The minimum absolute atomic E-state index is 0.117. The second-order valence-electron chi connectivity index (χ2n) is 5.22. The van der Waals surface area contributed by atoms with Gasteiger partial charge in [-0.3, -0.25) is 0 Å². The lowest BCUT2D eigenvalue weighted by Crippen LogP contribution is -2.24. The summed E-state index contributed by atoms with van der Waals surface area (Å²) in [6, 6.07) is 5.17. The van der Waals surface area contributed by atoms with Crippen molar-refractivity contribution in [2.75, 3.05) is 18.0 Å². The minimum Gasteiger partial charge on any atom is -0.389 e. The molecule has 0 aliphatic carbocycles. The number of nitrogens with zero attached hydrogens (tertiary/aromatic N) is 1. The minimum atomic E-state index is -0.318. The number of hydrogen-bond acceptors (Lipinski definition) is 2. The molecule has 1 heterocycles. The summed E-state index contributed by atoms with van der Waals surface area (Å²) in [6.45, 7) is 4.25. The second-order valence-corrected chi connectivity index (χ2v) is 5.66. The smallest absolute Gasteiger partial charge is 0.135 e. The van der Waals surface area contributed by atoms with E-state index in [2.05, 4.69) is 11.8 Å². The van der Waals surface area contributed by atoms with Gasteiger partial charge in [0, 0.05) is 24.3 Å². The van der Waals surface area contributed by atoms with Crippen LogP contribution in [0.15, 0.2) is 18.2 Å². The van der Waals surface area contributed by atoms with Crippen LogP contribution >= 0.6 is 12.2 Å². The zero-order valence-electron chi connectivity index (χ0n) is 11.4. The SMILES string of the molecule is CCC1CCCN(c2ccc(C(N)=S)c(F)c2)CC1. The van der Waals surface area contributed by atoms with Crippen LogP contribution in [-0.2, 0) is 0 Å². The molecule has 1 unspecified atom stereocenters. The van der Waals surface area contributed by atoms with E-state index in [1.54, 1.807) is 12.1 Å². The first kappa shape index (κ1) is 14.3. The molecule has 0 spiro atoms. The lowest BCUT2D eigenvalue weighted by atomic mass is 9.98. The Morgan fingerprint density at radius 3 is 2.84 bits per heavy atom. The molecule has 1 atom stereocenters. The third-order valence-corrected chi connectivity index (χ3v) is 4.23. The van der Waals surface area contributed by atoms with Gasteiger partial charge < -0.3 is 10.6 Å². The summed E-state index contributed by atoms with van der Waals surface area (Å²) in [6.07, 6.45) is 4.88. The first-order chi connectivity index (χ1) is 9.11. The number of halogens is 1. The van der Waals surface area contributed by atoms with Crippen LogP contribution in [0.1, 0.15) is 38.2 Å². The Balaban J connectivity index is 2.13. The lowest BCUT2D eigenvalue weighted by Gasteiger charge is -2.23. The Bertz CT molecular complexity index is 461. The van der Waals surface area contributed by atoms with Crippen molar-refractivity contribution in [3.63, 3.8) is 0 Å². The highest BCUT2D eigenvalue weighted by Crippen LogP contribution is 2.25. The van der Waals surface area contributed by atoms with E-state index in [-0.39, 0.29) is 10.8 Å². The van der Waals surface area contributed by atoms with E-state index < -0.39 is 0 Å². The van der Waals surface area contributed by atoms with E-state index in [0.717, 1.165) is 24.7 Å². The van der Waals surface area contributed by atoms with Gasteiger partial charge >= 0.3 is 0 Å². The van der Waals surface area contributed by atoms with Crippen LogP contribution in [0.2, 0.25) is 0 Å².